The first-order chi connectivity index (χ1) is 11.3. The van der Waals surface area contributed by atoms with Crippen LogP contribution in [0, 0.1) is 0 Å². The first-order valence-electron chi connectivity index (χ1n) is 9.52. The highest BCUT2D eigenvalue weighted by atomic mass is 15.3. The molecule has 1 unspecified atom stereocenters. The molecule has 4 nitrogen and oxygen atoms in total. The third-order valence-corrected chi connectivity index (χ3v) is 5.86. The van der Waals surface area contributed by atoms with E-state index in [1.807, 2.05) is 0 Å². The summed E-state index contributed by atoms with van der Waals surface area (Å²) in [6, 6.07) is 0. The molecule has 0 spiro atoms. The normalized spacial score (nSPS) is 25.0. The molecule has 1 saturated heterocycles. The molecule has 1 atom stereocenters. The van der Waals surface area contributed by atoms with Crippen molar-refractivity contribution in [3.8, 4) is 0 Å². The zero-order valence-electron chi connectivity index (χ0n) is 14.7. The molecule has 0 radical (unpaired) electrons. The molecule has 1 aromatic heterocycles. The Morgan fingerprint density at radius 3 is 2.96 bits per heavy atom. The van der Waals surface area contributed by atoms with Gasteiger partial charge in [0.05, 0.1) is 5.69 Å². The zero-order valence-corrected chi connectivity index (χ0v) is 14.7. The molecule has 0 bridgehead atoms. The molecule has 4 heteroatoms. The van der Waals surface area contributed by atoms with Gasteiger partial charge < -0.3 is 10.2 Å². The lowest BCUT2D eigenvalue weighted by Crippen LogP contribution is -2.35. The standard InChI is InChI=1S/C19H30N4/c1-3-10-23-11-6-8-15(13-23)18-17-16-9-5-4-7-14(16)12-20-19(17)22(2)21-18/h15,20H,3-13H2,1-2H3. The van der Waals surface area contributed by atoms with Crippen molar-refractivity contribution in [3.63, 3.8) is 0 Å². The number of aromatic nitrogens is 2. The Morgan fingerprint density at radius 2 is 2.09 bits per heavy atom. The van der Waals surface area contributed by atoms with Crippen LogP contribution in [0.5, 0.6) is 0 Å². The molecule has 23 heavy (non-hydrogen) atoms. The number of nitrogens with one attached hydrogen (secondary N) is 1. The van der Waals surface area contributed by atoms with E-state index in [2.05, 4.69) is 28.9 Å². The van der Waals surface area contributed by atoms with Gasteiger partial charge in [0.1, 0.15) is 5.82 Å². The molecule has 1 N–H and O–H groups in total. The molecule has 0 saturated carbocycles. The Bertz CT molecular complexity index is 611. The van der Waals surface area contributed by atoms with Crippen molar-refractivity contribution in [2.24, 2.45) is 7.05 Å². The van der Waals surface area contributed by atoms with Crippen LogP contribution in [0.25, 0.3) is 5.57 Å². The highest BCUT2D eigenvalue weighted by molar-refractivity contribution is 5.82. The van der Waals surface area contributed by atoms with Crippen molar-refractivity contribution < 1.29 is 0 Å². The summed E-state index contributed by atoms with van der Waals surface area (Å²) < 4.78 is 2.10. The number of likely N-dealkylation sites (tertiary alicyclic amines) is 1. The SMILES string of the molecule is CCCN1CCCC(c2nn(C)c3c2C2=C(CCCC2)CN3)C1. The predicted molar refractivity (Wildman–Crippen MR) is 95.8 cm³/mol. The van der Waals surface area contributed by atoms with Crippen molar-refractivity contribution in [3.05, 3.63) is 16.8 Å². The summed E-state index contributed by atoms with van der Waals surface area (Å²) >= 11 is 0. The van der Waals surface area contributed by atoms with Gasteiger partial charge in [-0.3, -0.25) is 4.68 Å². The molecular formula is C19H30N4. The van der Waals surface area contributed by atoms with E-state index in [4.69, 9.17) is 5.10 Å². The smallest absolute Gasteiger partial charge is 0.132 e. The molecule has 2 aliphatic heterocycles. The van der Waals surface area contributed by atoms with Crippen LogP contribution in [-0.2, 0) is 7.05 Å². The van der Waals surface area contributed by atoms with E-state index in [-0.39, 0.29) is 0 Å². The molecule has 0 aromatic carbocycles. The molecule has 1 aromatic rings. The van der Waals surface area contributed by atoms with Gasteiger partial charge in [0.15, 0.2) is 0 Å². The number of rotatable bonds is 3. The molecule has 126 valence electrons. The number of hydrogen-bond acceptors (Lipinski definition) is 3. The number of hydrogen-bond donors (Lipinski definition) is 1. The largest absolute Gasteiger partial charge is 0.366 e. The lowest BCUT2D eigenvalue weighted by molar-refractivity contribution is 0.206. The van der Waals surface area contributed by atoms with Crippen LogP contribution in [0.15, 0.2) is 5.57 Å². The van der Waals surface area contributed by atoms with Crippen LogP contribution in [0.1, 0.15) is 69.0 Å². The van der Waals surface area contributed by atoms with E-state index in [1.165, 1.54) is 81.7 Å². The fourth-order valence-corrected chi connectivity index (χ4v) is 4.78. The lowest BCUT2D eigenvalue weighted by Gasteiger charge is -2.33. The van der Waals surface area contributed by atoms with Crippen molar-refractivity contribution in [2.75, 3.05) is 31.5 Å². The second-order valence-electron chi connectivity index (χ2n) is 7.51. The van der Waals surface area contributed by atoms with E-state index >= 15 is 0 Å². The Morgan fingerprint density at radius 1 is 1.22 bits per heavy atom. The fraction of sp³-hybridized carbons (Fsp3) is 0.737. The van der Waals surface area contributed by atoms with E-state index < -0.39 is 0 Å². The maximum atomic E-state index is 4.99. The molecule has 3 heterocycles. The monoisotopic (exact) mass is 314 g/mol. The van der Waals surface area contributed by atoms with Gasteiger partial charge in [0, 0.05) is 31.6 Å². The molecule has 1 fully saturated rings. The number of aryl methyl sites for hydroxylation is 1. The van der Waals surface area contributed by atoms with Gasteiger partial charge in [-0.1, -0.05) is 6.92 Å². The fourth-order valence-electron chi connectivity index (χ4n) is 4.78. The number of piperidine rings is 1. The van der Waals surface area contributed by atoms with Crippen LogP contribution < -0.4 is 5.32 Å². The third-order valence-electron chi connectivity index (χ3n) is 5.86. The maximum Gasteiger partial charge on any atom is 0.132 e. The molecule has 0 amide bonds. The summed E-state index contributed by atoms with van der Waals surface area (Å²) in [5.74, 6) is 1.88. The van der Waals surface area contributed by atoms with Gasteiger partial charge in [-0.15, -0.1) is 0 Å². The summed E-state index contributed by atoms with van der Waals surface area (Å²) in [5.41, 5.74) is 6.15. The Kier molecular flexibility index (Phi) is 4.18. The molecule has 1 aliphatic carbocycles. The lowest BCUT2D eigenvalue weighted by atomic mass is 9.82. The Balaban J connectivity index is 1.69. The van der Waals surface area contributed by atoms with Crippen molar-refractivity contribution in [1.82, 2.24) is 14.7 Å². The first-order valence-corrected chi connectivity index (χ1v) is 9.52. The summed E-state index contributed by atoms with van der Waals surface area (Å²) in [4.78, 5) is 2.64. The zero-order chi connectivity index (χ0) is 15.8. The van der Waals surface area contributed by atoms with Gasteiger partial charge in [-0.05, 0) is 69.2 Å². The number of nitrogens with zero attached hydrogens (tertiary/aromatic N) is 3. The summed E-state index contributed by atoms with van der Waals surface area (Å²) in [5, 5.41) is 8.65. The summed E-state index contributed by atoms with van der Waals surface area (Å²) in [6.07, 6.45) is 9.11. The van der Waals surface area contributed by atoms with E-state index in [1.54, 1.807) is 11.1 Å². The van der Waals surface area contributed by atoms with Crippen LogP contribution in [-0.4, -0.2) is 40.9 Å². The van der Waals surface area contributed by atoms with Gasteiger partial charge in [-0.2, -0.15) is 5.10 Å². The van der Waals surface area contributed by atoms with Gasteiger partial charge in [0.2, 0.25) is 0 Å². The van der Waals surface area contributed by atoms with Crippen LogP contribution >= 0.6 is 0 Å². The molecule has 3 aliphatic rings. The summed E-state index contributed by atoms with van der Waals surface area (Å²) in [7, 11) is 2.11. The number of anilines is 1. The van der Waals surface area contributed by atoms with E-state index in [0.29, 0.717) is 5.92 Å². The minimum absolute atomic E-state index is 0.612. The Labute approximate surface area is 139 Å². The number of fused-ring (bicyclic) bond motifs is 2. The second kappa shape index (κ2) is 6.31. The topological polar surface area (TPSA) is 33.1 Å². The molecular weight excluding hydrogens is 284 g/mol. The quantitative estimate of drug-likeness (QED) is 0.922. The van der Waals surface area contributed by atoms with Crippen LogP contribution in [0.2, 0.25) is 0 Å². The average molecular weight is 314 g/mol. The van der Waals surface area contributed by atoms with Gasteiger partial charge in [0.25, 0.3) is 0 Å². The van der Waals surface area contributed by atoms with Crippen LogP contribution in [0.3, 0.4) is 0 Å². The van der Waals surface area contributed by atoms with Crippen molar-refractivity contribution >= 4 is 11.4 Å². The average Bonchev–Trinajstić information content (AvgIpc) is 2.93. The predicted octanol–water partition coefficient (Wildman–Crippen LogP) is 3.76. The van der Waals surface area contributed by atoms with Crippen LogP contribution in [0.4, 0.5) is 5.82 Å². The Hall–Kier alpha value is -1.29. The summed E-state index contributed by atoms with van der Waals surface area (Å²) in [6.45, 7) is 7.02. The molecule has 4 rings (SSSR count). The minimum Gasteiger partial charge on any atom is -0.366 e. The third kappa shape index (κ3) is 2.71. The highest BCUT2D eigenvalue weighted by Gasteiger charge is 2.32. The first kappa shape index (κ1) is 15.3. The van der Waals surface area contributed by atoms with Gasteiger partial charge >= 0.3 is 0 Å². The second-order valence-corrected chi connectivity index (χ2v) is 7.51. The number of allylic oxidation sites excluding steroid dienone is 1. The van der Waals surface area contributed by atoms with Crippen molar-refractivity contribution in [2.45, 2.75) is 57.8 Å². The maximum absolute atomic E-state index is 4.99. The minimum atomic E-state index is 0.612. The highest BCUT2D eigenvalue weighted by Crippen LogP contribution is 2.43. The van der Waals surface area contributed by atoms with E-state index in [0.717, 1.165) is 6.54 Å². The van der Waals surface area contributed by atoms with Crippen molar-refractivity contribution in [1.29, 1.82) is 0 Å². The van der Waals surface area contributed by atoms with E-state index in [9.17, 15) is 0 Å². The van der Waals surface area contributed by atoms with Gasteiger partial charge in [-0.25, -0.2) is 0 Å².